The van der Waals surface area contributed by atoms with E-state index in [4.69, 9.17) is 11.5 Å². The summed E-state index contributed by atoms with van der Waals surface area (Å²) in [5.74, 6) is -1.07. The maximum Gasteiger partial charge on any atom is 0.267 e. The normalized spacial score (nSPS) is 10.6. The number of rotatable bonds is 2. The molecule has 1 heterocycles. The van der Waals surface area contributed by atoms with E-state index in [1.54, 1.807) is 0 Å². The van der Waals surface area contributed by atoms with Crippen molar-refractivity contribution in [3.63, 3.8) is 0 Å². The van der Waals surface area contributed by atoms with Crippen molar-refractivity contribution in [3.8, 4) is 0 Å². The van der Waals surface area contributed by atoms with E-state index in [0.717, 1.165) is 6.07 Å². The van der Waals surface area contributed by atoms with Crippen LogP contribution in [-0.2, 0) is 0 Å². The average molecular weight is 201 g/mol. The molecule has 14 heavy (non-hydrogen) atoms. The van der Waals surface area contributed by atoms with E-state index in [0.29, 0.717) is 0 Å². The highest BCUT2D eigenvalue weighted by molar-refractivity contribution is 5.94. The highest BCUT2D eigenvalue weighted by Crippen LogP contribution is 2.25. The Morgan fingerprint density at radius 3 is 2.57 bits per heavy atom. The van der Waals surface area contributed by atoms with Crippen LogP contribution in [0.1, 0.15) is 28.0 Å². The lowest BCUT2D eigenvalue weighted by molar-refractivity contribution is 0.0999. The van der Waals surface area contributed by atoms with Crippen molar-refractivity contribution in [2.45, 2.75) is 13.3 Å². The maximum absolute atomic E-state index is 12.3. The first-order valence-electron chi connectivity index (χ1n) is 3.78. The molecule has 1 amide bonds. The summed E-state index contributed by atoms with van der Waals surface area (Å²) in [6.07, 6.45) is -2.76. The van der Waals surface area contributed by atoms with Gasteiger partial charge in [-0.2, -0.15) is 0 Å². The van der Waals surface area contributed by atoms with Gasteiger partial charge in [0.1, 0.15) is 5.82 Å². The third-order valence-electron chi connectivity index (χ3n) is 1.77. The highest BCUT2D eigenvalue weighted by atomic mass is 19.3. The third-order valence-corrected chi connectivity index (χ3v) is 1.77. The molecule has 0 aliphatic heterocycles. The molecule has 0 atom stereocenters. The minimum atomic E-state index is -2.76. The molecule has 1 aromatic rings. The molecule has 1 aromatic heterocycles. The molecule has 0 aliphatic carbocycles. The molecule has 76 valence electrons. The molecular weight excluding hydrogens is 192 g/mol. The number of nitrogen functional groups attached to an aromatic ring is 1. The van der Waals surface area contributed by atoms with Crippen molar-refractivity contribution in [2.24, 2.45) is 5.73 Å². The number of amides is 1. The number of nitrogens with zero attached hydrogens (tertiary/aromatic N) is 1. The lowest BCUT2D eigenvalue weighted by Crippen LogP contribution is -2.15. The SMILES string of the molecule is Cc1nc(N)c(C(F)F)cc1C(N)=O. The molecule has 0 unspecified atom stereocenters. The molecule has 0 bridgehead atoms. The zero-order chi connectivity index (χ0) is 10.9. The van der Waals surface area contributed by atoms with E-state index in [2.05, 4.69) is 4.98 Å². The van der Waals surface area contributed by atoms with Gasteiger partial charge in [0.2, 0.25) is 0 Å². The zero-order valence-electron chi connectivity index (χ0n) is 7.42. The number of anilines is 1. The van der Waals surface area contributed by atoms with Crippen LogP contribution < -0.4 is 11.5 Å². The van der Waals surface area contributed by atoms with Crippen LogP contribution in [0, 0.1) is 6.92 Å². The second kappa shape index (κ2) is 3.57. The predicted octanol–water partition coefficient (Wildman–Crippen LogP) is 1.01. The van der Waals surface area contributed by atoms with Crippen molar-refractivity contribution in [1.82, 2.24) is 4.98 Å². The van der Waals surface area contributed by atoms with E-state index >= 15 is 0 Å². The van der Waals surface area contributed by atoms with Crippen LogP contribution in [0.15, 0.2) is 6.07 Å². The number of carbonyl (C=O) groups is 1. The molecule has 0 fully saturated rings. The Balaban J connectivity index is 3.34. The van der Waals surface area contributed by atoms with Crippen LogP contribution in [0.2, 0.25) is 0 Å². The molecule has 6 heteroatoms. The number of halogens is 2. The van der Waals surface area contributed by atoms with Gasteiger partial charge in [0.15, 0.2) is 0 Å². The average Bonchev–Trinajstić information content (AvgIpc) is 2.02. The zero-order valence-corrected chi connectivity index (χ0v) is 7.42. The lowest BCUT2D eigenvalue weighted by Gasteiger charge is -2.07. The minimum Gasteiger partial charge on any atom is -0.383 e. The molecule has 0 spiro atoms. The number of aromatic nitrogens is 1. The van der Waals surface area contributed by atoms with Crippen LogP contribution in [0.25, 0.3) is 0 Å². The van der Waals surface area contributed by atoms with E-state index in [1.165, 1.54) is 6.92 Å². The molecule has 4 nitrogen and oxygen atoms in total. The van der Waals surface area contributed by atoms with E-state index in [-0.39, 0.29) is 17.1 Å². The van der Waals surface area contributed by atoms with Gasteiger partial charge in [0.05, 0.1) is 16.8 Å². The minimum absolute atomic E-state index is 0.0329. The second-order valence-electron chi connectivity index (χ2n) is 2.76. The van der Waals surface area contributed by atoms with Gasteiger partial charge in [-0.15, -0.1) is 0 Å². The van der Waals surface area contributed by atoms with Gasteiger partial charge >= 0.3 is 0 Å². The predicted molar refractivity (Wildman–Crippen MR) is 46.9 cm³/mol. The summed E-state index contributed by atoms with van der Waals surface area (Å²) < 4.78 is 24.7. The molecule has 1 rings (SSSR count). The van der Waals surface area contributed by atoms with Crippen molar-refractivity contribution < 1.29 is 13.6 Å². The Labute approximate surface area is 78.9 Å². The summed E-state index contributed by atoms with van der Waals surface area (Å²) in [7, 11) is 0. The van der Waals surface area contributed by atoms with Gasteiger partial charge in [-0.1, -0.05) is 0 Å². The molecule has 0 aliphatic rings. The number of hydrogen-bond acceptors (Lipinski definition) is 3. The van der Waals surface area contributed by atoms with Gasteiger partial charge in [-0.05, 0) is 13.0 Å². The maximum atomic E-state index is 12.3. The standard InChI is InChI=1S/C8H9F2N3O/c1-3-4(8(12)14)2-5(6(9)10)7(11)13-3/h2,6H,1H3,(H2,11,13)(H2,12,14). The monoisotopic (exact) mass is 201 g/mol. The van der Waals surface area contributed by atoms with E-state index in [1.807, 2.05) is 0 Å². The first-order valence-corrected chi connectivity index (χ1v) is 3.78. The quantitative estimate of drug-likeness (QED) is 0.749. The third kappa shape index (κ3) is 1.78. The topological polar surface area (TPSA) is 82.0 Å². The summed E-state index contributed by atoms with van der Waals surface area (Å²) in [4.78, 5) is 14.4. The number of aryl methyl sites for hydroxylation is 1. The number of alkyl halides is 2. The number of primary amides is 1. The van der Waals surface area contributed by atoms with Crippen LogP contribution in [-0.4, -0.2) is 10.9 Å². The molecule has 0 radical (unpaired) electrons. The van der Waals surface area contributed by atoms with Crippen LogP contribution >= 0.6 is 0 Å². The van der Waals surface area contributed by atoms with Crippen molar-refractivity contribution in [3.05, 3.63) is 22.9 Å². The fraction of sp³-hybridized carbons (Fsp3) is 0.250. The van der Waals surface area contributed by atoms with Gasteiger partial charge in [0.25, 0.3) is 12.3 Å². The van der Waals surface area contributed by atoms with Gasteiger partial charge in [0, 0.05) is 0 Å². The Morgan fingerprint density at radius 2 is 2.14 bits per heavy atom. The summed E-state index contributed by atoms with van der Waals surface area (Å²) in [5, 5.41) is 0. The molecule has 0 aromatic carbocycles. The second-order valence-corrected chi connectivity index (χ2v) is 2.76. The van der Waals surface area contributed by atoms with E-state index < -0.39 is 17.9 Å². The first-order chi connectivity index (χ1) is 6.43. The summed E-state index contributed by atoms with van der Waals surface area (Å²) in [5.41, 5.74) is 9.97. The molecule has 0 saturated carbocycles. The van der Waals surface area contributed by atoms with Gasteiger partial charge in [-0.3, -0.25) is 4.79 Å². The number of pyridine rings is 1. The number of nitrogens with two attached hydrogens (primary N) is 2. The number of hydrogen-bond donors (Lipinski definition) is 2. The summed E-state index contributed by atoms with van der Waals surface area (Å²) in [6, 6.07) is 0.977. The molecular formula is C8H9F2N3O. The first kappa shape index (κ1) is 10.4. The van der Waals surface area contributed by atoms with Gasteiger partial charge in [-0.25, -0.2) is 13.8 Å². The lowest BCUT2D eigenvalue weighted by atomic mass is 10.1. The molecule has 4 N–H and O–H groups in total. The Morgan fingerprint density at radius 1 is 1.57 bits per heavy atom. The van der Waals surface area contributed by atoms with Crippen molar-refractivity contribution >= 4 is 11.7 Å². The van der Waals surface area contributed by atoms with Crippen LogP contribution in [0.4, 0.5) is 14.6 Å². The fourth-order valence-electron chi connectivity index (χ4n) is 1.06. The number of carbonyl (C=O) groups excluding carboxylic acids is 1. The Bertz CT molecular complexity index is 379. The van der Waals surface area contributed by atoms with E-state index in [9.17, 15) is 13.6 Å². The fourth-order valence-corrected chi connectivity index (χ4v) is 1.06. The summed E-state index contributed by atoms with van der Waals surface area (Å²) in [6.45, 7) is 1.48. The van der Waals surface area contributed by atoms with Crippen molar-refractivity contribution in [2.75, 3.05) is 5.73 Å². The van der Waals surface area contributed by atoms with Crippen LogP contribution in [0.5, 0.6) is 0 Å². The smallest absolute Gasteiger partial charge is 0.267 e. The van der Waals surface area contributed by atoms with Crippen molar-refractivity contribution in [1.29, 1.82) is 0 Å². The Kier molecular flexibility index (Phi) is 2.64. The summed E-state index contributed by atoms with van der Waals surface area (Å²) >= 11 is 0. The molecule has 0 saturated heterocycles. The van der Waals surface area contributed by atoms with Gasteiger partial charge < -0.3 is 11.5 Å². The largest absolute Gasteiger partial charge is 0.383 e. The Hall–Kier alpha value is -1.72. The highest BCUT2D eigenvalue weighted by Gasteiger charge is 2.17. The van der Waals surface area contributed by atoms with Crippen LogP contribution in [0.3, 0.4) is 0 Å².